The SMILES string of the molecule is CC[C@@H](C)NC(=O)c1ccc(CSc2nnc(-c3ccc(C)cc3)n2[C@H](C)COC)cc1. The highest BCUT2D eigenvalue weighted by molar-refractivity contribution is 7.98. The molecule has 0 saturated heterocycles. The number of nitrogens with zero attached hydrogens (tertiary/aromatic N) is 3. The number of hydrogen-bond acceptors (Lipinski definition) is 5. The summed E-state index contributed by atoms with van der Waals surface area (Å²) in [5.41, 5.74) is 4.05. The van der Waals surface area contributed by atoms with E-state index in [0.717, 1.165) is 34.3 Å². The molecule has 6 nitrogen and oxygen atoms in total. The van der Waals surface area contributed by atoms with Gasteiger partial charge in [0.05, 0.1) is 12.6 Å². The predicted molar refractivity (Wildman–Crippen MR) is 130 cm³/mol. The van der Waals surface area contributed by atoms with Crippen molar-refractivity contribution in [1.29, 1.82) is 0 Å². The van der Waals surface area contributed by atoms with Gasteiger partial charge in [0, 0.05) is 30.0 Å². The smallest absolute Gasteiger partial charge is 0.251 e. The average Bonchev–Trinajstić information content (AvgIpc) is 3.22. The largest absolute Gasteiger partial charge is 0.383 e. The van der Waals surface area contributed by atoms with Crippen LogP contribution in [-0.4, -0.2) is 40.4 Å². The molecule has 1 heterocycles. The molecule has 1 N–H and O–H groups in total. The molecular weight excluding hydrogens is 420 g/mol. The van der Waals surface area contributed by atoms with Crippen molar-refractivity contribution in [2.45, 2.75) is 57.1 Å². The summed E-state index contributed by atoms with van der Waals surface area (Å²) in [6, 6.07) is 16.3. The Morgan fingerprint density at radius 3 is 2.41 bits per heavy atom. The molecule has 0 unspecified atom stereocenters. The van der Waals surface area contributed by atoms with Crippen LogP contribution < -0.4 is 5.32 Å². The Labute approximate surface area is 194 Å². The Kier molecular flexibility index (Phi) is 8.47. The van der Waals surface area contributed by atoms with Crippen LogP contribution in [0.2, 0.25) is 0 Å². The fraction of sp³-hybridized carbons (Fsp3) is 0.400. The lowest BCUT2D eigenvalue weighted by Crippen LogP contribution is -2.31. The number of methoxy groups -OCH3 is 1. The number of rotatable bonds is 10. The molecule has 2 atom stereocenters. The topological polar surface area (TPSA) is 69.0 Å². The second kappa shape index (κ2) is 11.3. The van der Waals surface area contributed by atoms with Crippen molar-refractivity contribution in [3.63, 3.8) is 0 Å². The maximum Gasteiger partial charge on any atom is 0.251 e. The van der Waals surface area contributed by atoms with Crippen molar-refractivity contribution in [2.24, 2.45) is 0 Å². The van der Waals surface area contributed by atoms with E-state index in [1.165, 1.54) is 5.56 Å². The number of nitrogens with one attached hydrogen (secondary N) is 1. The van der Waals surface area contributed by atoms with Crippen LogP contribution in [0, 0.1) is 6.92 Å². The molecule has 0 radical (unpaired) electrons. The Balaban J connectivity index is 1.75. The minimum atomic E-state index is -0.0329. The zero-order chi connectivity index (χ0) is 23.1. The van der Waals surface area contributed by atoms with Gasteiger partial charge in [-0.1, -0.05) is 60.6 Å². The third-order valence-electron chi connectivity index (χ3n) is 5.40. The number of aromatic nitrogens is 3. The summed E-state index contributed by atoms with van der Waals surface area (Å²) in [7, 11) is 1.71. The van der Waals surface area contributed by atoms with E-state index >= 15 is 0 Å². The predicted octanol–water partition coefficient (Wildman–Crippen LogP) is 5.28. The van der Waals surface area contributed by atoms with Gasteiger partial charge in [-0.05, 0) is 44.9 Å². The van der Waals surface area contributed by atoms with E-state index in [4.69, 9.17) is 4.74 Å². The number of carbonyl (C=O) groups is 1. The normalized spacial score (nSPS) is 13.0. The third-order valence-corrected chi connectivity index (χ3v) is 6.41. The molecule has 0 saturated carbocycles. The maximum atomic E-state index is 12.3. The highest BCUT2D eigenvalue weighted by Gasteiger charge is 2.19. The molecule has 1 amide bonds. The van der Waals surface area contributed by atoms with Crippen LogP contribution in [0.3, 0.4) is 0 Å². The number of ether oxygens (including phenoxy) is 1. The van der Waals surface area contributed by atoms with Crippen LogP contribution in [0.15, 0.2) is 53.7 Å². The summed E-state index contributed by atoms with van der Waals surface area (Å²) in [6.45, 7) is 8.82. The van der Waals surface area contributed by atoms with E-state index < -0.39 is 0 Å². The first kappa shape index (κ1) is 24.0. The Morgan fingerprint density at radius 1 is 1.09 bits per heavy atom. The van der Waals surface area contributed by atoms with Crippen LogP contribution in [0.4, 0.5) is 0 Å². The molecule has 0 aliphatic carbocycles. The van der Waals surface area contributed by atoms with E-state index in [-0.39, 0.29) is 18.0 Å². The molecular formula is C25H32N4O2S. The van der Waals surface area contributed by atoms with Gasteiger partial charge in [-0.15, -0.1) is 10.2 Å². The second-order valence-electron chi connectivity index (χ2n) is 8.11. The zero-order valence-corrected chi connectivity index (χ0v) is 20.3. The molecule has 32 heavy (non-hydrogen) atoms. The molecule has 0 spiro atoms. The summed E-state index contributed by atoms with van der Waals surface area (Å²) in [4.78, 5) is 12.3. The summed E-state index contributed by atoms with van der Waals surface area (Å²) < 4.78 is 7.55. The first-order chi connectivity index (χ1) is 15.4. The minimum Gasteiger partial charge on any atom is -0.383 e. The van der Waals surface area contributed by atoms with Gasteiger partial charge in [0.15, 0.2) is 11.0 Å². The van der Waals surface area contributed by atoms with Gasteiger partial charge in [-0.25, -0.2) is 0 Å². The lowest BCUT2D eigenvalue weighted by molar-refractivity contribution is 0.0939. The van der Waals surface area contributed by atoms with Crippen LogP contribution in [0.1, 0.15) is 54.7 Å². The Morgan fingerprint density at radius 2 is 1.78 bits per heavy atom. The highest BCUT2D eigenvalue weighted by atomic mass is 32.2. The number of thioether (sulfide) groups is 1. The van der Waals surface area contributed by atoms with Gasteiger partial charge < -0.3 is 10.1 Å². The van der Waals surface area contributed by atoms with Gasteiger partial charge in [-0.2, -0.15) is 0 Å². The maximum absolute atomic E-state index is 12.3. The van der Waals surface area contributed by atoms with Gasteiger partial charge in [0.2, 0.25) is 0 Å². The first-order valence-electron chi connectivity index (χ1n) is 11.0. The minimum absolute atomic E-state index is 0.0329. The van der Waals surface area contributed by atoms with Crippen molar-refractivity contribution in [3.05, 3.63) is 65.2 Å². The lowest BCUT2D eigenvalue weighted by atomic mass is 10.1. The first-order valence-corrected chi connectivity index (χ1v) is 11.9. The van der Waals surface area contributed by atoms with Crippen molar-refractivity contribution in [1.82, 2.24) is 20.1 Å². The van der Waals surface area contributed by atoms with E-state index in [1.807, 2.05) is 31.2 Å². The lowest BCUT2D eigenvalue weighted by Gasteiger charge is -2.17. The molecule has 1 aromatic heterocycles. The number of aryl methyl sites for hydroxylation is 1. The monoisotopic (exact) mass is 452 g/mol. The van der Waals surface area contributed by atoms with Gasteiger partial charge in [0.25, 0.3) is 5.91 Å². The molecule has 2 aromatic carbocycles. The second-order valence-corrected chi connectivity index (χ2v) is 9.06. The number of carbonyl (C=O) groups excluding carboxylic acids is 1. The highest BCUT2D eigenvalue weighted by Crippen LogP contribution is 2.30. The fourth-order valence-electron chi connectivity index (χ4n) is 3.30. The Bertz CT molecular complexity index is 1020. The average molecular weight is 453 g/mol. The van der Waals surface area contributed by atoms with Gasteiger partial charge in [-0.3, -0.25) is 9.36 Å². The van der Waals surface area contributed by atoms with Crippen LogP contribution in [-0.2, 0) is 10.5 Å². The fourth-order valence-corrected chi connectivity index (χ4v) is 4.29. The summed E-state index contributed by atoms with van der Waals surface area (Å²) in [5.74, 6) is 1.54. The molecule has 7 heteroatoms. The van der Waals surface area contributed by atoms with Gasteiger partial charge in [0.1, 0.15) is 0 Å². The van der Waals surface area contributed by atoms with E-state index in [9.17, 15) is 4.79 Å². The van der Waals surface area contributed by atoms with Crippen LogP contribution in [0.5, 0.6) is 0 Å². The summed E-state index contributed by atoms with van der Waals surface area (Å²) in [5, 5.41) is 12.8. The van der Waals surface area contributed by atoms with Crippen molar-refractivity contribution < 1.29 is 9.53 Å². The number of benzene rings is 2. The summed E-state index contributed by atoms with van der Waals surface area (Å²) >= 11 is 1.63. The molecule has 0 bridgehead atoms. The third kappa shape index (κ3) is 5.99. The molecule has 0 aliphatic heterocycles. The molecule has 0 aliphatic rings. The van der Waals surface area contributed by atoms with E-state index in [0.29, 0.717) is 12.2 Å². The van der Waals surface area contributed by atoms with Crippen LogP contribution in [0.25, 0.3) is 11.4 Å². The number of hydrogen-bond donors (Lipinski definition) is 1. The number of amides is 1. The van der Waals surface area contributed by atoms with E-state index in [1.54, 1.807) is 18.9 Å². The standard InChI is InChI=1S/C25H32N4O2S/c1-6-18(3)26-24(30)22-13-9-20(10-14-22)16-32-25-28-27-23(29(25)19(4)15-31-5)21-11-7-17(2)8-12-21/h7-14,18-19H,6,15-16H2,1-5H3,(H,26,30)/t18-,19-/m1/s1. The molecule has 0 fully saturated rings. The van der Waals surface area contributed by atoms with Gasteiger partial charge >= 0.3 is 0 Å². The quantitative estimate of drug-likeness (QED) is 0.424. The van der Waals surface area contributed by atoms with Crippen molar-refractivity contribution in [3.8, 4) is 11.4 Å². The van der Waals surface area contributed by atoms with Crippen LogP contribution >= 0.6 is 11.8 Å². The van der Waals surface area contributed by atoms with E-state index in [2.05, 4.69) is 65.1 Å². The zero-order valence-electron chi connectivity index (χ0n) is 19.5. The summed E-state index contributed by atoms with van der Waals surface area (Å²) in [6.07, 6.45) is 0.910. The van der Waals surface area contributed by atoms with Crippen molar-refractivity contribution in [2.75, 3.05) is 13.7 Å². The molecule has 170 valence electrons. The molecule has 3 rings (SSSR count). The van der Waals surface area contributed by atoms with Crippen molar-refractivity contribution >= 4 is 17.7 Å². The molecule has 3 aromatic rings. The Hall–Kier alpha value is -2.64.